The molecule has 0 radical (unpaired) electrons. The minimum absolute atomic E-state index is 0.0651. The fourth-order valence-corrected chi connectivity index (χ4v) is 3.13. The van der Waals surface area contributed by atoms with Crippen molar-refractivity contribution in [1.82, 2.24) is 4.98 Å². The van der Waals surface area contributed by atoms with Crippen LogP contribution in [0.5, 0.6) is 17.2 Å². The van der Waals surface area contributed by atoms with Crippen LogP contribution in [-0.4, -0.2) is 34.4 Å². The third-order valence-electron chi connectivity index (χ3n) is 4.73. The fraction of sp³-hybridized carbons (Fsp3) is 0.136. The Kier molecular flexibility index (Phi) is 5.67. The van der Waals surface area contributed by atoms with Crippen molar-refractivity contribution in [3.8, 4) is 17.2 Å². The van der Waals surface area contributed by atoms with Gasteiger partial charge in [-0.25, -0.2) is 0 Å². The largest absolute Gasteiger partial charge is 0.477 e. The molecule has 1 atom stereocenters. The van der Waals surface area contributed by atoms with Crippen LogP contribution in [-0.2, 0) is 9.59 Å². The van der Waals surface area contributed by atoms with Gasteiger partial charge in [0, 0.05) is 11.8 Å². The van der Waals surface area contributed by atoms with Crippen LogP contribution in [0.3, 0.4) is 0 Å². The van der Waals surface area contributed by atoms with Gasteiger partial charge in [-0.05, 0) is 59.3 Å². The lowest BCUT2D eigenvalue weighted by Crippen LogP contribution is -2.50. The first kappa shape index (κ1) is 20.8. The number of pyridine rings is 1. The Morgan fingerprint density at radius 2 is 1.81 bits per heavy atom. The van der Waals surface area contributed by atoms with E-state index in [9.17, 15) is 19.7 Å². The van der Waals surface area contributed by atoms with E-state index in [-0.39, 0.29) is 18.2 Å². The number of rotatable bonds is 6. The van der Waals surface area contributed by atoms with Gasteiger partial charge in [-0.1, -0.05) is 18.2 Å². The van der Waals surface area contributed by atoms with Crippen LogP contribution in [0.25, 0.3) is 0 Å². The maximum absolute atomic E-state index is 12.8. The second kappa shape index (κ2) is 8.72. The fourth-order valence-electron chi connectivity index (χ4n) is 3.13. The molecule has 162 valence electrons. The lowest BCUT2D eigenvalue weighted by molar-refractivity contribution is -0.389. The highest BCUT2D eigenvalue weighted by Gasteiger charge is 2.38. The number of fused-ring (bicyclic) bond motifs is 1. The standard InChI is InChI=1S/C22H18N4O6/c1-14(25-20(27)13-31-18-11-12-19(26(29)30)24-21(18)25)22(28)23-15-7-9-17(10-8-15)32-16-5-3-2-4-6-16/h2-12,14H,13H2,1H3,(H,23,28). The van der Waals surface area contributed by atoms with Crippen molar-refractivity contribution in [2.45, 2.75) is 13.0 Å². The summed E-state index contributed by atoms with van der Waals surface area (Å²) in [5.74, 6) is -0.0633. The Morgan fingerprint density at radius 3 is 2.50 bits per heavy atom. The zero-order valence-electron chi connectivity index (χ0n) is 16.9. The topological polar surface area (TPSA) is 124 Å². The number of hydrogen-bond donors (Lipinski definition) is 1. The average Bonchev–Trinajstić information content (AvgIpc) is 2.80. The van der Waals surface area contributed by atoms with Crippen LogP contribution in [0.15, 0.2) is 66.7 Å². The first-order chi connectivity index (χ1) is 15.4. The van der Waals surface area contributed by atoms with Crippen LogP contribution in [0.1, 0.15) is 6.92 Å². The SMILES string of the molecule is CC(C(=O)Nc1ccc(Oc2ccccc2)cc1)N1C(=O)COc2ccc([N+](=O)[O-])nc21. The summed E-state index contributed by atoms with van der Waals surface area (Å²) in [4.78, 5) is 40.7. The number of carbonyl (C=O) groups is 2. The molecule has 10 heteroatoms. The summed E-state index contributed by atoms with van der Waals surface area (Å²) in [6, 6.07) is 17.5. The zero-order valence-corrected chi connectivity index (χ0v) is 16.9. The highest BCUT2D eigenvalue weighted by atomic mass is 16.6. The number of benzene rings is 2. The molecule has 1 aromatic heterocycles. The number of nitrogens with zero attached hydrogens (tertiary/aromatic N) is 3. The van der Waals surface area contributed by atoms with Crippen molar-refractivity contribution in [2.24, 2.45) is 0 Å². The molecule has 2 heterocycles. The number of aromatic nitrogens is 1. The van der Waals surface area contributed by atoms with Gasteiger partial charge in [0.15, 0.2) is 12.4 Å². The second-order valence-corrected chi connectivity index (χ2v) is 6.91. The smallest absolute Gasteiger partial charge is 0.366 e. The van der Waals surface area contributed by atoms with Gasteiger partial charge in [-0.15, -0.1) is 0 Å². The van der Waals surface area contributed by atoms with Crippen molar-refractivity contribution in [1.29, 1.82) is 0 Å². The molecule has 1 aliphatic rings. The average molecular weight is 434 g/mol. The van der Waals surface area contributed by atoms with Gasteiger partial charge in [0.1, 0.15) is 17.5 Å². The summed E-state index contributed by atoms with van der Waals surface area (Å²) < 4.78 is 11.0. The van der Waals surface area contributed by atoms with Gasteiger partial charge in [-0.2, -0.15) is 0 Å². The Morgan fingerprint density at radius 1 is 1.12 bits per heavy atom. The molecule has 2 amide bonds. The number of hydrogen-bond acceptors (Lipinski definition) is 7. The minimum atomic E-state index is -0.986. The van der Waals surface area contributed by atoms with Crippen LogP contribution in [0.4, 0.5) is 17.3 Å². The van der Waals surface area contributed by atoms with Gasteiger partial charge in [0.25, 0.3) is 11.7 Å². The van der Waals surface area contributed by atoms with Crippen molar-refractivity contribution in [3.05, 3.63) is 76.8 Å². The lowest BCUT2D eigenvalue weighted by atomic mass is 10.2. The van der Waals surface area contributed by atoms with Gasteiger partial charge >= 0.3 is 5.82 Å². The van der Waals surface area contributed by atoms with Gasteiger partial charge in [0.2, 0.25) is 5.91 Å². The molecule has 0 fully saturated rings. The number of ether oxygens (including phenoxy) is 2. The molecule has 1 aliphatic heterocycles. The van der Waals surface area contributed by atoms with Crippen molar-refractivity contribution in [3.63, 3.8) is 0 Å². The zero-order chi connectivity index (χ0) is 22.7. The third kappa shape index (κ3) is 4.33. The molecule has 4 rings (SSSR count). The summed E-state index contributed by atoms with van der Waals surface area (Å²) in [6.45, 7) is 1.21. The van der Waals surface area contributed by atoms with Crippen molar-refractivity contribution in [2.75, 3.05) is 16.8 Å². The van der Waals surface area contributed by atoms with E-state index in [0.717, 1.165) is 4.90 Å². The molecular formula is C22H18N4O6. The quantitative estimate of drug-likeness (QED) is 0.465. The van der Waals surface area contributed by atoms with Gasteiger partial charge < -0.3 is 24.9 Å². The first-order valence-corrected chi connectivity index (χ1v) is 9.66. The van der Waals surface area contributed by atoms with Crippen LogP contribution in [0, 0.1) is 10.1 Å². The number of para-hydroxylation sites is 1. The third-order valence-corrected chi connectivity index (χ3v) is 4.73. The molecule has 0 aliphatic carbocycles. The predicted molar refractivity (Wildman–Crippen MR) is 115 cm³/mol. The van der Waals surface area contributed by atoms with Crippen molar-refractivity contribution < 1.29 is 24.0 Å². The van der Waals surface area contributed by atoms with Crippen molar-refractivity contribution >= 4 is 29.1 Å². The number of nitrogens with one attached hydrogen (secondary N) is 1. The summed E-state index contributed by atoms with van der Waals surface area (Å²) in [6.07, 6.45) is 0. The highest BCUT2D eigenvalue weighted by molar-refractivity contribution is 6.06. The number of nitro groups is 1. The molecule has 1 N–H and O–H groups in total. The summed E-state index contributed by atoms with van der Waals surface area (Å²) in [5, 5.41) is 13.8. The lowest BCUT2D eigenvalue weighted by Gasteiger charge is -2.29. The van der Waals surface area contributed by atoms with E-state index < -0.39 is 28.6 Å². The normalized spacial score (nSPS) is 13.5. The molecule has 0 spiro atoms. The highest BCUT2D eigenvalue weighted by Crippen LogP contribution is 2.33. The Balaban J connectivity index is 1.49. The predicted octanol–water partition coefficient (Wildman–Crippen LogP) is 3.53. The summed E-state index contributed by atoms with van der Waals surface area (Å²) in [5.41, 5.74) is 0.496. The molecule has 32 heavy (non-hydrogen) atoms. The first-order valence-electron chi connectivity index (χ1n) is 9.66. The molecule has 0 bridgehead atoms. The van der Waals surface area contributed by atoms with E-state index in [4.69, 9.17) is 9.47 Å². The van der Waals surface area contributed by atoms with E-state index in [0.29, 0.717) is 17.2 Å². The van der Waals surface area contributed by atoms with E-state index >= 15 is 0 Å². The van der Waals surface area contributed by atoms with E-state index in [1.165, 1.54) is 19.1 Å². The molecule has 10 nitrogen and oxygen atoms in total. The van der Waals surface area contributed by atoms with E-state index in [1.54, 1.807) is 24.3 Å². The van der Waals surface area contributed by atoms with Gasteiger partial charge in [0.05, 0.1) is 0 Å². The number of anilines is 2. The maximum atomic E-state index is 12.8. The Hall–Kier alpha value is -4.47. The molecule has 1 unspecified atom stereocenters. The minimum Gasteiger partial charge on any atom is -0.477 e. The van der Waals surface area contributed by atoms with Gasteiger partial charge in [-0.3, -0.25) is 14.5 Å². The number of carbonyl (C=O) groups excluding carboxylic acids is 2. The van der Waals surface area contributed by atoms with Crippen LogP contribution >= 0.6 is 0 Å². The molecular weight excluding hydrogens is 416 g/mol. The molecule has 0 saturated heterocycles. The Labute approximate surface area is 182 Å². The molecule has 0 saturated carbocycles. The Bertz CT molecular complexity index is 1170. The van der Waals surface area contributed by atoms with Crippen LogP contribution < -0.4 is 19.7 Å². The van der Waals surface area contributed by atoms with E-state index in [2.05, 4.69) is 10.3 Å². The maximum Gasteiger partial charge on any atom is 0.366 e. The van der Waals surface area contributed by atoms with E-state index in [1.807, 2.05) is 30.3 Å². The van der Waals surface area contributed by atoms with Crippen LogP contribution in [0.2, 0.25) is 0 Å². The molecule has 2 aromatic carbocycles. The molecule has 3 aromatic rings. The monoisotopic (exact) mass is 434 g/mol. The summed E-state index contributed by atoms with van der Waals surface area (Å²) in [7, 11) is 0. The second-order valence-electron chi connectivity index (χ2n) is 6.91. The summed E-state index contributed by atoms with van der Waals surface area (Å²) >= 11 is 0. The number of amides is 2.